The van der Waals surface area contributed by atoms with Crippen molar-refractivity contribution in [3.63, 3.8) is 0 Å². The monoisotopic (exact) mass is 401 g/mol. The fourth-order valence-electron chi connectivity index (χ4n) is 4.17. The fraction of sp³-hybridized carbons (Fsp3) is 0.938. The minimum absolute atomic E-state index is 0.243. The molecule has 3 unspecified atom stereocenters. The van der Waals surface area contributed by atoms with E-state index in [1.54, 1.807) is 0 Å². The molecule has 0 radical (unpaired) electrons. The van der Waals surface area contributed by atoms with Crippen LogP contribution in [0.1, 0.15) is 57.8 Å². The molecule has 6 nitrogen and oxygen atoms in total. The molecule has 2 rings (SSSR count). The first-order valence-electron chi connectivity index (χ1n) is 9.09. The van der Waals surface area contributed by atoms with Crippen LogP contribution in [0.4, 0.5) is 13.2 Å². The number of nitrogens with one attached hydrogen (secondary N) is 1. The van der Waals surface area contributed by atoms with Crippen LogP contribution in [0.3, 0.4) is 0 Å². The van der Waals surface area contributed by atoms with Crippen LogP contribution in [0.25, 0.3) is 0 Å². The Labute approximate surface area is 151 Å². The van der Waals surface area contributed by atoms with Crippen molar-refractivity contribution in [2.45, 2.75) is 63.3 Å². The number of rotatable bonds is 8. The van der Waals surface area contributed by atoms with Crippen molar-refractivity contribution in [1.29, 1.82) is 0 Å². The number of hydrogen-bond donors (Lipinski definition) is 1. The Morgan fingerprint density at radius 1 is 1.15 bits per heavy atom. The van der Waals surface area contributed by atoms with Crippen molar-refractivity contribution in [2.24, 2.45) is 17.8 Å². The molecule has 0 aliphatic heterocycles. The van der Waals surface area contributed by atoms with Gasteiger partial charge in [0.05, 0.1) is 13.2 Å². The van der Waals surface area contributed by atoms with Crippen LogP contribution in [-0.2, 0) is 19.6 Å². The third kappa shape index (κ3) is 5.82. The van der Waals surface area contributed by atoms with Gasteiger partial charge in [-0.15, -0.1) is 0 Å². The van der Waals surface area contributed by atoms with Gasteiger partial charge in [-0.1, -0.05) is 19.3 Å². The normalized spacial score (nSPS) is 27.8. The Balaban J connectivity index is 1.61. The molecule has 3 atom stereocenters. The van der Waals surface area contributed by atoms with E-state index in [-0.39, 0.29) is 19.4 Å². The van der Waals surface area contributed by atoms with Crippen LogP contribution < -0.4 is 4.47 Å². The molecule has 2 aliphatic carbocycles. The predicted octanol–water partition coefficient (Wildman–Crippen LogP) is 2.15. The van der Waals surface area contributed by atoms with E-state index in [9.17, 15) is 31.6 Å². The number of fused-ring (bicyclic) bond motifs is 2. The summed E-state index contributed by atoms with van der Waals surface area (Å²) >= 11 is 0. The molecule has 0 spiro atoms. The first-order valence-corrected chi connectivity index (χ1v) is 10.6. The van der Waals surface area contributed by atoms with Gasteiger partial charge in [-0.05, 0) is 43.4 Å². The smallest absolute Gasteiger partial charge is 0.549 e. The summed E-state index contributed by atoms with van der Waals surface area (Å²) in [5.41, 5.74) is -5.58. The third-order valence-electron chi connectivity index (χ3n) is 5.37. The van der Waals surface area contributed by atoms with Crippen LogP contribution >= 0.6 is 0 Å². The quantitative estimate of drug-likeness (QED) is 0.383. The lowest BCUT2D eigenvalue weighted by atomic mass is 9.67. The molecule has 2 bridgehead atoms. The lowest BCUT2D eigenvalue weighted by molar-refractivity contribution is -0.712. The summed E-state index contributed by atoms with van der Waals surface area (Å²) in [6.45, 7) is -1.07. The number of alkyl halides is 3. The minimum Gasteiger partial charge on any atom is -0.618 e. The lowest BCUT2D eigenvalue weighted by Gasteiger charge is -2.39. The van der Waals surface area contributed by atoms with E-state index in [0.717, 1.165) is 31.1 Å². The van der Waals surface area contributed by atoms with Gasteiger partial charge in [0.1, 0.15) is 0 Å². The summed E-state index contributed by atoms with van der Waals surface area (Å²) < 4.78 is 61.3. The molecule has 0 aromatic rings. The van der Waals surface area contributed by atoms with Crippen LogP contribution in [0.15, 0.2) is 0 Å². The maximum absolute atomic E-state index is 12.2. The molecule has 0 saturated heterocycles. The first-order chi connectivity index (χ1) is 12.1. The highest BCUT2D eigenvalue weighted by atomic mass is 32.2. The highest BCUT2D eigenvalue weighted by molar-refractivity contribution is 7.86. The van der Waals surface area contributed by atoms with Gasteiger partial charge in [0.25, 0.3) is 0 Å². The highest BCUT2D eigenvalue weighted by Gasteiger charge is 2.51. The van der Waals surface area contributed by atoms with Crippen molar-refractivity contribution >= 4 is 16.0 Å². The van der Waals surface area contributed by atoms with E-state index in [4.69, 9.17) is 4.74 Å². The van der Waals surface area contributed by atoms with Gasteiger partial charge >= 0.3 is 21.5 Å². The van der Waals surface area contributed by atoms with Gasteiger partial charge < -0.3 is 9.94 Å². The molecule has 152 valence electrons. The van der Waals surface area contributed by atoms with Gasteiger partial charge in [-0.25, -0.2) is 0 Å². The zero-order chi connectivity index (χ0) is 19.4. The maximum Gasteiger partial charge on any atom is 0.549 e. The second kappa shape index (κ2) is 8.88. The largest absolute Gasteiger partial charge is 0.618 e. The molecule has 2 saturated carbocycles. The summed E-state index contributed by atoms with van der Waals surface area (Å²) in [4.78, 5) is 11.7. The van der Waals surface area contributed by atoms with Crippen LogP contribution in [0.2, 0.25) is 0 Å². The third-order valence-corrected chi connectivity index (χ3v) is 6.79. The average molecular weight is 401 g/mol. The van der Waals surface area contributed by atoms with Gasteiger partial charge in [0, 0.05) is 12.8 Å². The summed E-state index contributed by atoms with van der Waals surface area (Å²) in [7, 11) is -5.79. The van der Waals surface area contributed by atoms with Crippen molar-refractivity contribution in [3.8, 4) is 0 Å². The number of hydroxylamine groups is 1. The van der Waals surface area contributed by atoms with E-state index in [1.807, 2.05) is 0 Å². The lowest BCUT2D eigenvalue weighted by Crippen LogP contribution is -3.10. The van der Waals surface area contributed by atoms with Crippen LogP contribution in [0, 0.1) is 23.0 Å². The molecule has 0 aromatic carbocycles. The number of halogens is 3. The van der Waals surface area contributed by atoms with E-state index in [0.29, 0.717) is 5.92 Å². The summed E-state index contributed by atoms with van der Waals surface area (Å²) in [5.74, 6) is 1.60. The summed E-state index contributed by atoms with van der Waals surface area (Å²) in [6.07, 6.45) is 8.18. The minimum atomic E-state index is -5.79. The second-order valence-corrected chi connectivity index (χ2v) is 9.35. The molecule has 0 heterocycles. The molecule has 0 amide bonds. The Kier molecular flexibility index (Phi) is 7.32. The van der Waals surface area contributed by atoms with Crippen molar-refractivity contribution in [2.75, 3.05) is 13.2 Å². The Morgan fingerprint density at radius 3 is 2.35 bits per heavy atom. The van der Waals surface area contributed by atoms with Crippen molar-refractivity contribution in [1.82, 2.24) is 0 Å². The molecule has 26 heavy (non-hydrogen) atoms. The van der Waals surface area contributed by atoms with Crippen LogP contribution in [-0.4, -0.2) is 33.0 Å². The molecular formula is C16H26F3NO5S. The molecule has 0 aromatic heterocycles. The number of carbonyl (C=O) groups excluding carboxylic acids is 1. The van der Waals surface area contributed by atoms with Gasteiger partial charge in [-0.3, -0.25) is 9.26 Å². The van der Waals surface area contributed by atoms with E-state index in [1.165, 1.54) is 25.7 Å². The van der Waals surface area contributed by atoms with Gasteiger partial charge in [0.2, 0.25) is 0 Å². The number of hydrogen-bond acceptors (Lipinski definition) is 5. The molecule has 1 N–H and O–H groups in total. The van der Waals surface area contributed by atoms with Crippen LogP contribution in [0.5, 0.6) is 0 Å². The second-order valence-electron chi connectivity index (χ2n) is 7.42. The molecule has 2 fully saturated rings. The molecule has 2 aliphatic rings. The van der Waals surface area contributed by atoms with Gasteiger partial charge in [-0.2, -0.15) is 21.6 Å². The number of sulfonamides is 1. The number of quaternary nitrogens is 1. The van der Waals surface area contributed by atoms with E-state index < -0.39 is 32.5 Å². The van der Waals surface area contributed by atoms with E-state index >= 15 is 0 Å². The summed E-state index contributed by atoms with van der Waals surface area (Å²) in [5, 5.41) is 11.1. The summed E-state index contributed by atoms with van der Waals surface area (Å²) in [6, 6.07) is 0. The first kappa shape index (κ1) is 21.4. The number of esters is 1. The van der Waals surface area contributed by atoms with E-state index in [2.05, 4.69) is 0 Å². The highest BCUT2D eigenvalue weighted by Crippen LogP contribution is 2.43. The van der Waals surface area contributed by atoms with Gasteiger partial charge in [0.15, 0.2) is 0 Å². The average Bonchev–Trinajstić information content (AvgIpc) is 2.55. The van der Waals surface area contributed by atoms with Crippen molar-refractivity contribution < 1.29 is 35.6 Å². The number of ether oxygens (including phenoxy) is 1. The molecular weight excluding hydrogens is 375 g/mol. The Hall–Kier alpha value is -0.870. The SMILES string of the molecule is O=C(CCC1CC2CCCC(C2)C1)OCCC[NH+]([O-])S(=O)(=O)C(F)(F)F. The zero-order valence-electron chi connectivity index (χ0n) is 14.6. The number of carbonyl (C=O) groups is 1. The standard InChI is InChI=1S/C16H26F3NO5S/c17-16(18,19)26(23,24)20(22)7-2-8-25-15(21)6-5-14-10-12-3-1-4-13(9-12)11-14/h12-14,20H,1-11H2. The molecule has 10 heteroatoms. The zero-order valence-corrected chi connectivity index (χ0v) is 15.4. The topological polar surface area (TPSA) is 87.9 Å². The predicted molar refractivity (Wildman–Crippen MR) is 87.2 cm³/mol. The maximum atomic E-state index is 12.2. The van der Waals surface area contributed by atoms with Crippen molar-refractivity contribution in [3.05, 3.63) is 5.21 Å². The Morgan fingerprint density at radius 2 is 1.77 bits per heavy atom. The fourth-order valence-corrected chi connectivity index (χ4v) is 4.84. The Bertz CT molecular complexity index is 569.